The lowest BCUT2D eigenvalue weighted by atomic mass is 10.0. The largest absolute Gasteiger partial charge is 0.378 e. The van der Waals surface area contributed by atoms with Crippen molar-refractivity contribution in [3.8, 4) is 0 Å². The summed E-state index contributed by atoms with van der Waals surface area (Å²) >= 11 is 1.86. The third-order valence-corrected chi connectivity index (χ3v) is 4.92. The standard InChI is InChI=1S/C18H36N6OS.HI/c1-7-25-16(14(2)3)9-11-20-18(19-10-8-12-26-6)21-13-17-23-22-15(4)24(17)5;/h14,16H,7-13H2,1-6H3,(H2,19,20,21);1H. The van der Waals surface area contributed by atoms with E-state index in [4.69, 9.17) is 4.74 Å². The van der Waals surface area contributed by atoms with Gasteiger partial charge in [-0.3, -0.25) is 0 Å². The van der Waals surface area contributed by atoms with E-state index in [-0.39, 0.29) is 30.1 Å². The van der Waals surface area contributed by atoms with Crippen molar-refractivity contribution in [2.45, 2.75) is 53.2 Å². The van der Waals surface area contributed by atoms with Gasteiger partial charge in [0.25, 0.3) is 0 Å². The van der Waals surface area contributed by atoms with Crippen LogP contribution in [0.3, 0.4) is 0 Å². The molecule has 1 aromatic heterocycles. The molecule has 158 valence electrons. The number of hydrogen-bond acceptors (Lipinski definition) is 5. The minimum Gasteiger partial charge on any atom is -0.378 e. The van der Waals surface area contributed by atoms with Gasteiger partial charge in [0, 0.05) is 26.7 Å². The molecule has 0 spiro atoms. The molecule has 7 nitrogen and oxygen atoms in total. The number of hydrogen-bond donors (Lipinski definition) is 2. The van der Waals surface area contributed by atoms with Gasteiger partial charge in [-0.2, -0.15) is 11.8 Å². The molecule has 0 aromatic carbocycles. The van der Waals surface area contributed by atoms with Gasteiger partial charge in [0.15, 0.2) is 11.8 Å². The fourth-order valence-electron chi connectivity index (χ4n) is 2.49. The number of nitrogens with one attached hydrogen (secondary N) is 2. The molecule has 0 saturated heterocycles. The van der Waals surface area contributed by atoms with Gasteiger partial charge >= 0.3 is 0 Å². The Hall–Kier alpha value is -0.550. The van der Waals surface area contributed by atoms with E-state index in [1.807, 2.05) is 37.2 Å². The maximum Gasteiger partial charge on any atom is 0.191 e. The van der Waals surface area contributed by atoms with Crippen molar-refractivity contribution in [3.05, 3.63) is 11.6 Å². The zero-order valence-corrected chi connectivity index (χ0v) is 20.8. The van der Waals surface area contributed by atoms with Gasteiger partial charge in [0.1, 0.15) is 12.4 Å². The normalized spacial score (nSPS) is 12.8. The van der Waals surface area contributed by atoms with E-state index < -0.39 is 0 Å². The summed E-state index contributed by atoms with van der Waals surface area (Å²) in [6.45, 7) is 11.4. The van der Waals surface area contributed by atoms with Gasteiger partial charge in [-0.1, -0.05) is 13.8 Å². The smallest absolute Gasteiger partial charge is 0.191 e. The lowest BCUT2D eigenvalue weighted by Crippen LogP contribution is -2.40. The highest BCUT2D eigenvalue weighted by Crippen LogP contribution is 2.10. The van der Waals surface area contributed by atoms with Crippen LogP contribution in [0.2, 0.25) is 0 Å². The average molecular weight is 513 g/mol. The van der Waals surface area contributed by atoms with Gasteiger partial charge in [0.05, 0.1) is 6.10 Å². The Labute approximate surface area is 185 Å². The van der Waals surface area contributed by atoms with E-state index in [1.165, 1.54) is 0 Å². The molecule has 0 saturated carbocycles. The number of halogens is 1. The molecular formula is C18H37IN6OS. The zero-order chi connectivity index (χ0) is 19.4. The monoisotopic (exact) mass is 512 g/mol. The van der Waals surface area contributed by atoms with Gasteiger partial charge in [0.2, 0.25) is 0 Å². The molecule has 1 unspecified atom stereocenters. The highest BCUT2D eigenvalue weighted by molar-refractivity contribution is 14.0. The van der Waals surface area contributed by atoms with Crippen molar-refractivity contribution >= 4 is 41.7 Å². The van der Waals surface area contributed by atoms with Crippen LogP contribution < -0.4 is 10.6 Å². The molecule has 27 heavy (non-hydrogen) atoms. The third kappa shape index (κ3) is 10.5. The van der Waals surface area contributed by atoms with Gasteiger partial charge < -0.3 is 19.9 Å². The Kier molecular flexibility index (Phi) is 15.1. The first-order valence-electron chi connectivity index (χ1n) is 9.47. The highest BCUT2D eigenvalue weighted by atomic mass is 127. The molecule has 9 heteroatoms. The highest BCUT2D eigenvalue weighted by Gasteiger charge is 2.13. The SMILES string of the molecule is CCOC(CCNC(=NCc1nnc(C)n1C)NCCCSC)C(C)C.I. The summed E-state index contributed by atoms with van der Waals surface area (Å²) in [5, 5.41) is 15.1. The van der Waals surface area contributed by atoms with Crippen LogP contribution in [0, 0.1) is 12.8 Å². The summed E-state index contributed by atoms with van der Waals surface area (Å²) in [6.07, 6.45) is 4.47. The molecular weight excluding hydrogens is 475 g/mol. The zero-order valence-electron chi connectivity index (χ0n) is 17.6. The summed E-state index contributed by atoms with van der Waals surface area (Å²) < 4.78 is 7.79. The molecule has 0 aliphatic rings. The van der Waals surface area contributed by atoms with E-state index in [9.17, 15) is 0 Å². The van der Waals surface area contributed by atoms with Crippen LogP contribution in [0.25, 0.3) is 0 Å². The fourth-order valence-corrected chi connectivity index (χ4v) is 2.93. The van der Waals surface area contributed by atoms with E-state index >= 15 is 0 Å². The minimum absolute atomic E-state index is 0. The lowest BCUT2D eigenvalue weighted by Gasteiger charge is -2.21. The van der Waals surface area contributed by atoms with Crippen molar-refractivity contribution in [2.75, 3.05) is 31.7 Å². The molecule has 0 radical (unpaired) electrons. The van der Waals surface area contributed by atoms with Crippen LogP contribution in [0.15, 0.2) is 4.99 Å². The third-order valence-electron chi connectivity index (χ3n) is 4.22. The van der Waals surface area contributed by atoms with Crippen molar-refractivity contribution < 1.29 is 4.74 Å². The summed E-state index contributed by atoms with van der Waals surface area (Å²) in [6, 6.07) is 0. The van der Waals surface area contributed by atoms with Gasteiger partial charge in [-0.15, -0.1) is 34.2 Å². The van der Waals surface area contributed by atoms with Gasteiger partial charge in [-0.05, 0) is 44.6 Å². The lowest BCUT2D eigenvalue weighted by molar-refractivity contribution is 0.0258. The number of aliphatic imine (C=N–C) groups is 1. The first-order valence-corrected chi connectivity index (χ1v) is 10.9. The van der Waals surface area contributed by atoms with Crippen LogP contribution in [0.5, 0.6) is 0 Å². The minimum atomic E-state index is 0. The first-order chi connectivity index (χ1) is 12.5. The molecule has 1 aromatic rings. The Morgan fingerprint density at radius 2 is 1.96 bits per heavy atom. The Bertz CT molecular complexity index is 538. The number of nitrogens with zero attached hydrogens (tertiary/aromatic N) is 4. The fraction of sp³-hybridized carbons (Fsp3) is 0.833. The molecule has 0 aliphatic heterocycles. The summed E-state index contributed by atoms with van der Waals surface area (Å²) in [5.41, 5.74) is 0. The average Bonchev–Trinajstić information content (AvgIpc) is 2.93. The van der Waals surface area contributed by atoms with Crippen molar-refractivity contribution in [3.63, 3.8) is 0 Å². The molecule has 1 rings (SSSR count). The van der Waals surface area contributed by atoms with E-state index in [0.717, 1.165) is 55.9 Å². The van der Waals surface area contributed by atoms with Crippen molar-refractivity contribution in [1.82, 2.24) is 25.4 Å². The Morgan fingerprint density at radius 3 is 2.52 bits per heavy atom. The second-order valence-corrected chi connectivity index (χ2v) is 7.60. The van der Waals surface area contributed by atoms with Crippen molar-refractivity contribution in [2.24, 2.45) is 18.0 Å². The second-order valence-electron chi connectivity index (χ2n) is 6.61. The number of ether oxygens (including phenoxy) is 1. The molecule has 0 fully saturated rings. The number of guanidine groups is 1. The number of aromatic nitrogens is 3. The summed E-state index contributed by atoms with van der Waals surface area (Å²) in [7, 11) is 1.97. The molecule has 2 N–H and O–H groups in total. The second kappa shape index (κ2) is 15.4. The topological polar surface area (TPSA) is 76.4 Å². The van der Waals surface area contributed by atoms with Gasteiger partial charge in [-0.25, -0.2) is 4.99 Å². The molecule has 0 bridgehead atoms. The summed E-state index contributed by atoms with van der Waals surface area (Å²) in [4.78, 5) is 4.68. The van der Waals surface area contributed by atoms with Crippen LogP contribution in [-0.2, 0) is 18.3 Å². The maximum atomic E-state index is 5.82. The first kappa shape index (κ1) is 26.4. The number of thioether (sulfide) groups is 1. The molecule has 1 atom stereocenters. The summed E-state index contributed by atoms with van der Waals surface area (Å²) in [5.74, 6) is 4.23. The predicted molar refractivity (Wildman–Crippen MR) is 126 cm³/mol. The Morgan fingerprint density at radius 1 is 1.26 bits per heavy atom. The van der Waals surface area contributed by atoms with E-state index in [0.29, 0.717) is 12.5 Å². The quantitative estimate of drug-likeness (QED) is 0.194. The Balaban J connectivity index is 0.00000676. The van der Waals surface area contributed by atoms with Crippen LogP contribution in [-0.4, -0.2) is 58.5 Å². The molecule has 0 aliphatic carbocycles. The number of rotatable bonds is 12. The molecule has 0 amide bonds. The van der Waals surface area contributed by atoms with Crippen molar-refractivity contribution in [1.29, 1.82) is 0 Å². The van der Waals surface area contributed by atoms with Crippen LogP contribution in [0.4, 0.5) is 0 Å². The number of aryl methyl sites for hydroxylation is 1. The van der Waals surface area contributed by atoms with E-state index in [1.54, 1.807) is 0 Å². The predicted octanol–water partition coefficient (Wildman–Crippen LogP) is 2.98. The van der Waals surface area contributed by atoms with E-state index in [2.05, 4.69) is 45.9 Å². The van der Waals surface area contributed by atoms with Crippen LogP contribution in [0.1, 0.15) is 45.3 Å². The van der Waals surface area contributed by atoms with Crippen LogP contribution >= 0.6 is 35.7 Å². The molecule has 1 heterocycles. The maximum absolute atomic E-state index is 5.82.